The van der Waals surface area contributed by atoms with Gasteiger partial charge in [0.1, 0.15) is 11.5 Å². The lowest BCUT2D eigenvalue weighted by Crippen LogP contribution is -2.17. The minimum atomic E-state index is -0.0979. The Hall–Kier alpha value is -1.97. The number of unbranched alkanes of at least 4 members (excludes halogenated alkanes) is 2. The lowest BCUT2D eigenvalue weighted by Gasteiger charge is -2.24. The molecule has 1 aromatic carbocycles. The number of aryl methyl sites for hydroxylation is 1. The fourth-order valence-corrected chi connectivity index (χ4v) is 4.09. The third-order valence-electron chi connectivity index (χ3n) is 5.73. The van der Waals surface area contributed by atoms with Crippen LogP contribution < -0.4 is 0 Å². The first-order valence-corrected chi connectivity index (χ1v) is 10.00. The fourth-order valence-electron chi connectivity index (χ4n) is 4.09. The SMILES string of the molecule is CCCCCc1cc(O)c(C2C=C(C)CCC2)c(O)c1C(=O)N1C[C@H]1C. The maximum Gasteiger partial charge on any atom is 0.258 e. The Kier molecular flexibility index (Phi) is 5.59. The highest BCUT2D eigenvalue weighted by Crippen LogP contribution is 2.44. The van der Waals surface area contributed by atoms with Gasteiger partial charge in [-0.1, -0.05) is 31.4 Å². The number of aromatic hydroxyl groups is 2. The minimum absolute atomic E-state index is 0.00320. The van der Waals surface area contributed by atoms with Gasteiger partial charge in [-0.25, -0.2) is 0 Å². The number of rotatable bonds is 6. The van der Waals surface area contributed by atoms with Crippen LogP contribution in [-0.4, -0.2) is 33.6 Å². The van der Waals surface area contributed by atoms with Crippen molar-refractivity contribution in [3.05, 3.63) is 34.4 Å². The number of phenols is 2. The molecule has 0 spiro atoms. The molecule has 142 valence electrons. The molecule has 4 nitrogen and oxygen atoms in total. The van der Waals surface area contributed by atoms with Crippen LogP contribution in [-0.2, 0) is 6.42 Å². The molecule has 0 bridgehead atoms. The topological polar surface area (TPSA) is 60.5 Å². The zero-order valence-corrected chi connectivity index (χ0v) is 16.2. The number of allylic oxidation sites excluding steroid dienone is 2. The van der Waals surface area contributed by atoms with Crippen LogP contribution in [0, 0.1) is 0 Å². The normalized spacial score (nSPS) is 22.3. The molecule has 3 rings (SSSR count). The standard InChI is InChI=1S/C22H31NO3/c1-4-5-6-9-17-12-18(24)19(16-10-7-8-14(2)11-16)21(25)20(17)22(26)23-13-15(23)3/h11-12,15-16,24-25H,4-10,13H2,1-3H3/t15-,16?,23?/m1/s1. The Morgan fingerprint density at radius 3 is 2.65 bits per heavy atom. The molecule has 26 heavy (non-hydrogen) atoms. The van der Waals surface area contributed by atoms with Crippen molar-refractivity contribution in [2.45, 2.75) is 77.7 Å². The van der Waals surface area contributed by atoms with Gasteiger partial charge in [0.2, 0.25) is 0 Å². The highest BCUT2D eigenvalue weighted by atomic mass is 16.3. The largest absolute Gasteiger partial charge is 0.507 e. The number of hydrogen-bond donors (Lipinski definition) is 2. The molecule has 1 saturated heterocycles. The molecule has 1 aliphatic carbocycles. The predicted molar refractivity (Wildman–Crippen MR) is 104 cm³/mol. The number of nitrogens with zero attached hydrogens (tertiary/aromatic N) is 1. The second-order valence-corrected chi connectivity index (χ2v) is 7.97. The van der Waals surface area contributed by atoms with Crippen LogP contribution in [0.5, 0.6) is 11.5 Å². The molecule has 2 aliphatic rings. The van der Waals surface area contributed by atoms with Crippen molar-refractivity contribution in [2.24, 2.45) is 0 Å². The average molecular weight is 357 g/mol. The van der Waals surface area contributed by atoms with Crippen molar-refractivity contribution in [3.63, 3.8) is 0 Å². The number of hydrogen-bond acceptors (Lipinski definition) is 3. The first-order valence-electron chi connectivity index (χ1n) is 10.00. The van der Waals surface area contributed by atoms with Gasteiger partial charge in [0, 0.05) is 24.1 Å². The highest BCUT2D eigenvalue weighted by molar-refractivity contribution is 6.00. The molecule has 1 aliphatic heterocycles. The van der Waals surface area contributed by atoms with Crippen molar-refractivity contribution in [3.8, 4) is 11.5 Å². The molecule has 1 unspecified atom stereocenters. The summed E-state index contributed by atoms with van der Waals surface area (Å²) in [5.74, 6) is 0.00256. The highest BCUT2D eigenvalue weighted by Gasteiger charge is 2.38. The summed E-state index contributed by atoms with van der Waals surface area (Å²) in [4.78, 5) is 14.8. The predicted octanol–water partition coefficient (Wildman–Crippen LogP) is 4.89. The third kappa shape index (κ3) is 3.74. The van der Waals surface area contributed by atoms with Crippen LogP contribution in [0.1, 0.15) is 86.7 Å². The minimum Gasteiger partial charge on any atom is -0.507 e. The molecule has 4 heteroatoms. The smallest absolute Gasteiger partial charge is 0.258 e. The molecule has 0 saturated carbocycles. The van der Waals surface area contributed by atoms with Gasteiger partial charge in [0.25, 0.3) is 5.91 Å². The third-order valence-corrected chi connectivity index (χ3v) is 5.73. The lowest BCUT2D eigenvalue weighted by atomic mass is 9.83. The van der Waals surface area contributed by atoms with Crippen molar-refractivity contribution >= 4 is 5.91 Å². The van der Waals surface area contributed by atoms with Crippen LogP contribution in [0.2, 0.25) is 0 Å². The Labute approximate surface area is 156 Å². The van der Waals surface area contributed by atoms with Crippen molar-refractivity contribution in [2.75, 3.05) is 6.54 Å². The Bertz CT molecular complexity index is 723. The van der Waals surface area contributed by atoms with Crippen LogP contribution in [0.25, 0.3) is 0 Å². The van der Waals surface area contributed by atoms with E-state index in [1.165, 1.54) is 5.57 Å². The molecule has 1 aromatic rings. The van der Waals surface area contributed by atoms with Gasteiger partial charge in [-0.2, -0.15) is 0 Å². The number of benzene rings is 1. The van der Waals surface area contributed by atoms with E-state index in [1.807, 2.05) is 6.92 Å². The first kappa shape index (κ1) is 18.8. The lowest BCUT2D eigenvalue weighted by molar-refractivity contribution is 0.0872. The van der Waals surface area contributed by atoms with Gasteiger partial charge in [0.15, 0.2) is 0 Å². The quantitative estimate of drug-likeness (QED) is 0.433. The summed E-state index contributed by atoms with van der Waals surface area (Å²) in [7, 11) is 0. The van der Waals surface area contributed by atoms with Crippen LogP contribution >= 0.6 is 0 Å². The van der Waals surface area contributed by atoms with Crippen molar-refractivity contribution < 1.29 is 15.0 Å². The van der Waals surface area contributed by atoms with E-state index < -0.39 is 0 Å². The first-order chi connectivity index (χ1) is 12.4. The van der Waals surface area contributed by atoms with Crippen LogP contribution in [0.15, 0.2) is 17.7 Å². The molecule has 1 heterocycles. The molecule has 2 atom stereocenters. The zero-order valence-electron chi connectivity index (χ0n) is 16.2. The summed E-state index contributed by atoms with van der Waals surface area (Å²) in [6.07, 6.45) is 8.94. The maximum atomic E-state index is 13.0. The molecule has 2 N–H and O–H groups in total. The number of carbonyl (C=O) groups is 1. The van der Waals surface area contributed by atoms with Gasteiger partial charge in [-0.05, 0) is 57.6 Å². The van der Waals surface area contributed by atoms with Crippen LogP contribution in [0.4, 0.5) is 0 Å². The summed E-state index contributed by atoms with van der Waals surface area (Å²) >= 11 is 0. The summed E-state index contributed by atoms with van der Waals surface area (Å²) in [6.45, 7) is 6.98. The van der Waals surface area contributed by atoms with Crippen molar-refractivity contribution in [1.29, 1.82) is 0 Å². The molecule has 0 radical (unpaired) electrons. The van der Waals surface area contributed by atoms with E-state index in [9.17, 15) is 15.0 Å². The van der Waals surface area contributed by atoms with E-state index in [2.05, 4.69) is 19.9 Å². The van der Waals surface area contributed by atoms with Gasteiger partial charge in [-0.3, -0.25) is 4.79 Å². The second-order valence-electron chi connectivity index (χ2n) is 7.97. The summed E-state index contributed by atoms with van der Waals surface area (Å²) < 4.78 is 0. The number of amides is 1. The van der Waals surface area contributed by atoms with E-state index in [0.717, 1.165) is 50.6 Å². The Morgan fingerprint density at radius 2 is 2.04 bits per heavy atom. The second kappa shape index (κ2) is 7.73. The molecular weight excluding hydrogens is 326 g/mol. The monoisotopic (exact) mass is 357 g/mol. The number of phenolic OH excluding ortho intramolecular Hbond substituents is 2. The van der Waals surface area contributed by atoms with Gasteiger partial charge < -0.3 is 15.1 Å². The van der Waals surface area contributed by atoms with E-state index in [0.29, 0.717) is 17.5 Å². The van der Waals surface area contributed by atoms with Crippen LogP contribution in [0.3, 0.4) is 0 Å². The summed E-state index contributed by atoms with van der Waals surface area (Å²) in [6, 6.07) is 1.96. The average Bonchev–Trinajstić information content (AvgIpc) is 3.31. The van der Waals surface area contributed by atoms with Crippen molar-refractivity contribution in [1.82, 2.24) is 4.90 Å². The van der Waals surface area contributed by atoms with Gasteiger partial charge in [-0.15, -0.1) is 0 Å². The molecule has 0 aromatic heterocycles. The summed E-state index contributed by atoms with van der Waals surface area (Å²) in [5.41, 5.74) is 2.99. The van der Waals surface area contributed by atoms with E-state index in [4.69, 9.17) is 0 Å². The Balaban J connectivity index is 2.03. The molecular formula is C22H31NO3. The van der Waals surface area contributed by atoms with Gasteiger partial charge in [0.05, 0.1) is 5.56 Å². The van der Waals surface area contributed by atoms with Gasteiger partial charge >= 0.3 is 0 Å². The number of carbonyl (C=O) groups excluding carboxylic acids is 1. The Morgan fingerprint density at radius 1 is 1.31 bits per heavy atom. The van der Waals surface area contributed by atoms with E-state index in [-0.39, 0.29) is 29.4 Å². The molecule has 1 amide bonds. The maximum absolute atomic E-state index is 13.0. The molecule has 1 fully saturated rings. The van der Waals surface area contributed by atoms with E-state index >= 15 is 0 Å². The summed E-state index contributed by atoms with van der Waals surface area (Å²) in [5, 5.41) is 21.7. The van der Waals surface area contributed by atoms with E-state index in [1.54, 1.807) is 11.0 Å². The fraction of sp³-hybridized carbons (Fsp3) is 0.591. The zero-order chi connectivity index (χ0) is 18.8.